The Hall–Kier alpha value is -2.88. The maximum atomic E-state index is 9.44. The SMILES string of the molecule is Cc1ccc(-c2n[nH]c3c2C(=NO)c2ccccc2-3)cc1. The van der Waals surface area contributed by atoms with Crippen molar-refractivity contribution >= 4 is 5.71 Å². The fraction of sp³-hybridized carbons (Fsp3) is 0.0588. The number of oxime groups is 1. The Morgan fingerprint density at radius 3 is 2.43 bits per heavy atom. The van der Waals surface area contributed by atoms with E-state index in [1.165, 1.54) is 5.56 Å². The molecule has 4 nitrogen and oxygen atoms in total. The molecule has 1 aromatic heterocycles. The molecule has 2 N–H and O–H groups in total. The minimum absolute atomic E-state index is 0.574. The number of rotatable bonds is 1. The minimum atomic E-state index is 0.574. The van der Waals surface area contributed by atoms with Crippen LogP contribution in [0.5, 0.6) is 0 Å². The van der Waals surface area contributed by atoms with E-state index in [2.05, 4.69) is 22.3 Å². The van der Waals surface area contributed by atoms with Crippen molar-refractivity contribution in [2.24, 2.45) is 5.16 Å². The summed E-state index contributed by atoms with van der Waals surface area (Å²) in [6.45, 7) is 2.05. The van der Waals surface area contributed by atoms with E-state index in [0.29, 0.717) is 5.71 Å². The number of hydrogen-bond acceptors (Lipinski definition) is 3. The molecule has 1 aliphatic carbocycles. The highest BCUT2D eigenvalue weighted by Gasteiger charge is 2.31. The summed E-state index contributed by atoms with van der Waals surface area (Å²) in [5.74, 6) is 0. The summed E-state index contributed by atoms with van der Waals surface area (Å²) in [5.41, 5.74) is 7.32. The lowest BCUT2D eigenvalue weighted by Gasteiger charge is -2.02. The van der Waals surface area contributed by atoms with Gasteiger partial charge in [0.25, 0.3) is 0 Å². The van der Waals surface area contributed by atoms with E-state index in [1.807, 2.05) is 48.5 Å². The number of hydrogen-bond donors (Lipinski definition) is 2. The zero-order valence-corrected chi connectivity index (χ0v) is 11.5. The van der Waals surface area contributed by atoms with Crippen molar-refractivity contribution in [2.75, 3.05) is 0 Å². The monoisotopic (exact) mass is 275 g/mol. The molecule has 0 amide bonds. The molecule has 4 rings (SSSR count). The molecule has 0 bridgehead atoms. The Morgan fingerprint density at radius 1 is 1.00 bits per heavy atom. The molecule has 0 saturated heterocycles. The molecular weight excluding hydrogens is 262 g/mol. The number of aromatic amines is 1. The van der Waals surface area contributed by atoms with Crippen LogP contribution in [0.3, 0.4) is 0 Å². The highest BCUT2D eigenvalue weighted by molar-refractivity contribution is 6.26. The van der Waals surface area contributed by atoms with Crippen LogP contribution < -0.4 is 0 Å². The third-order valence-electron chi connectivity index (χ3n) is 3.88. The van der Waals surface area contributed by atoms with E-state index in [1.54, 1.807) is 0 Å². The van der Waals surface area contributed by atoms with Crippen LogP contribution >= 0.6 is 0 Å². The van der Waals surface area contributed by atoms with Gasteiger partial charge in [0.05, 0.1) is 11.3 Å². The van der Waals surface area contributed by atoms with Gasteiger partial charge >= 0.3 is 0 Å². The van der Waals surface area contributed by atoms with Gasteiger partial charge in [0, 0.05) is 16.7 Å². The van der Waals surface area contributed by atoms with Gasteiger partial charge in [0.15, 0.2) is 0 Å². The summed E-state index contributed by atoms with van der Waals surface area (Å²) in [4.78, 5) is 0. The predicted molar refractivity (Wildman–Crippen MR) is 81.6 cm³/mol. The largest absolute Gasteiger partial charge is 0.410 e. The number of fused-ring (bicyclic) bond motifs is 3. The second-order valence-electron chi connectivity index (χ2n) is 5.18. The van der Waals surface area contributed by atoms with Gasteiger partial charge in [0.1, 0.15) is 11.4 Å². The molecular formula is C17H13N3O. The summed E-state index contributed by atoms with van der Waals surface area (Å²) >= 11 is 0. The Balaban J connectivity index is 1.97. The molecule has 2 aromatic carbocycles. The molecule has 0 saturated carbocycles. The highest BCUT2D eigenvalue weighted by Crippen LogP contribution is 2.40. The first-order valence-corrected chi connectivity index (χ1v) is 6.77. The van der Waals surface area contributed by atoms with Gasteiger partial charge in [-0.2, -0.15) is 5.10 Å². The number of nitrogens with one attached hydrogen (secondary N) is 1. The third-order valence-corrected chi connectivity index (χ3v) is 3.88. The molecule has 0 spiro atoms. The molecule has 0 fully saturated rings. The number of nitrogens with zero attached hydrogens (tertiary/aromatic N) is 2. The Bertz CT molecular complexity index is 860. The lowest BCUT2D eigenvalue weighted by atomic mass is 10.0. The van der Waals surface area contributed by atoms with Crippen molar-refractivity contribution in [1.29, 1.82) is 0 Å². The van der Waals surface area contributed by atoms with Crippen LogP contribution in [0.2, 0.25) is 0 Å². The van der Waals surface area contributed by atoms with E-state index < -0.39 is 0 Å². The second-order valence-corrected chi connectivity index (χ2v) is 5.18. The Morgan fingerprint density at radius 2 is 1.71 bits per heavy atom. The maximum Gasteiger partial charge on any atom is 0.122 e. The van der Waals surface area contributed by atoms with Crippen LogP contribution in [0.1, 0.15) is 16.7 Å². The van der Waals surface area contributed by atoms with E-state index in [0.717, 1.165) is 33.6 Å². The normalized spacial score (nSPS) is 14.2. The van der Waals surface area contributed by atoms with Crippen molar-refractivity contribution < 1.29 is 5.21 Å². The molecule has 1 aliphatic rings. The quantitative estimate of drug-likeness (QED) is 0.412. The first-order chi connectivity index (χ1) is 10.3. The summed E-state index contributed by atoms with van der Waals surface area (Å²) in [5, 5.41) is 20.4. The molecule has 3 aromatic rings. The Kier molecular flexibility index (Phi) is 2.44. The molecule has 0 unspecified atom stereocenters. The van der Waals surface area contributed by atoms with Gasteiger partial charge in [-0.3, -0.25) is 5.10 Å². The van der Waals surface area contributed by atoms with Crippen molar-refractivity contribution in [3.63, 3.8) is 0 Å². The number of aryl methyl sites for hydroxylation is 1. The van der Waals surface area contributed by atoms with Crippen LogP contribution in [0.25, 0.3) is 22.5 Å². The van der Waals surface area contributed by atoms with Crippen LogP contribution in [0.15, 0.2) is 53.7 Å². The van der Waals surface area contributed by atoms with E-state index >= 15 is 0 Å². The summed E-state index contributed by atoms with van der Waals surface area (Å²) in [6, 6.07) is 16.0. The van der Waals surface area contributed by atoms with Crippen molar-refractivity contribution in [1.82, 2.24) is 10.2 Å². The van der Waals surface area contributed by atoms with Gasteiger partial charge in [0.2, 0.25) is 0 Å². The fourth-order valence-electron chi connectivity index (χ4n) is 2.83. The molecule has 1 heterocycles. The smallest absolute Gasteiger partial charge is 0.122 e. The molecule has 4 heteroatoms. The van der Waals surface area contributed by atoms with E-state index in [4.69, 9.17) is 0 Å². The first-order valence-electron chi connectivity index (χ1n) is 6.77. The molecule has 0 atom stereocenters. The van der Waals surface area contributed by atoms with Crippen molar-refractivity contribution in [3.05, 3.63) is 65.2 Å². The number of aromatic nitrogens is 2. The van der Waals surface area contributed by atoms with Crippen LogP contribution in [-0.4, -0.2) is 21.1 Å². The summed E-state index contributed by atoms with van der Waals surface area (Å²) in [7, 11) is 0. The van der Waals surface area contributed by atoms with Crippen molar-refractivity contribution in [3.8, 4) is 22.5 Å². The van der Waals surface area contributed by atoms with Gasteiger partial charge < -0.3 is 5.21 Å². The minimum Gasteiger partial charge on any atom is -0.410 e. The highest BCUT2D eigenvalue weighted by atomic mass is 16.4. The average Bonchev–Trinajstić information content (AvgIpc) is 3.06. The lowest BCUT2D eigenvalue weighted by molar-refractivity contribution is 0.320. The topological polar surface area (TPSA) is 61.3 Å². The molecule has 0 radical (unpaired) electrons. The molecule has 0 aliphatic heterocycles. The number of H-pyrrole nitrogens is 1. The van der Waals surface area contributed by atoms with Gasteiger partial charge in [-0.05, 0) is 6.92 Å². The van der Waals surface area contributed by atoms with Crippen LogP contribution in [-0.2, 0) is 0 Å². The van der Waals surface area contributed by atoms with E-state index in [9.17, 15) is 5.21 Å². The zero-order valence-electron chi connectivity index (χ0n) is 11.5. The van der Waals surface area contributed by atoms with E-state index in [-0.39, 0.29) is 0 Å². The van der Waals surface area contributed by atoms with Crippen molar-refractivity contribution in [2.45, 2.75) is 6.92 Å². The summed E-state index contributed by atoms with van der Waals surface area (Å²) in [6.07, 6.45) is 0. The average molecular weight is 275 g/mol. The summed E-state index contributed by atoms with van der Waals surface area (Å²) < 4.78 is 0. The molecule has 102 valence electrons. The lowest BCUT2D eigenvalue weighted by Crippen LogP contribution is -1.99. The predicted octanol–water partition coefficient (Wildman–Crippen LogP) is 3.59. The van der Waals surface area contributed by atoms with Gasteiger partial charge in [-0.25, -0.2) is 0 Å². The maximum absolute atomic E-state index is 9.44. The first kappa shape index (κ1) is 11.9. The zero-order chi connectivity index (χ0) is 14.4. The van der Waals surface area contributed by atoms with Crippen LogP contribution in [0.4, 0.5) is 0 Å². The van der Waals surface area contributed by atoms with Gasteiger partial charge in [-0.15, -0.1) is 0 Å². The number of benzene rings is 2. The second kappa shape index (κ2) is 4.31. The third kappa shape index (κ3) is 1.62. The standard InChI is InChI=1S/C17H13N3O/c1-10-6-8-11(9-7-10)15-14-16(19-18-15)12-4-2-3-5-13(12)17(14)20-21/h2-9,21H,1H3,(H,18,19). The van der Waals surface area contributed by atoms with Crippen LogP contribution in [0, 0.1) is 6.92 Å². The van der Waals surface area contributed by atoms with Gasteiger partial charge in [-0.1, -0.05) is 59.3 Å². The molecule has 21 heavy (non-hydrogen) atoms. The Labute approximate surface area is 121 Å². The fourth-order valence-corrected chi connectivity index (χ4v) is 2.83.